The molecule has 0 aromatic heterocycles. The zero-order valence-electron chi connectivity index (χ0n) is 15.1. The van der Waals surface area contributed by atoms with Crippen molar-refractivity contribution < 1.29 is 15.7 Å². The molecule has 4 aliphatic carbocycles. The molecule has 1 aromatic carbocycles. The Bertz CT molecular complexity index is 692. The Balaban J connectivity index is 1.54. The van der Waals surface area contributed by atoms with Gasteiger partial charge in [0.25, 0.3) is 0 Å². The molecule has 0 saturated heterocycles. The van der Waals surface area contributed by atoms with E-state index in [1.54, 1.807) is 6.92 Å². The van der Waals surface area contributed by atoms with Crippen LogP contribution in [0.5, 0.6) is 0 Å². The van der Waals surface area contributed by atoms with Crippen LogP contribution in [0.4, 0.5) is 0 Å². The van der Waals surface area contributed by atoms with Gasteiger partial charge in [-0.25, -0.2) is 0 Å². The van der Waals surface area contributed by atoms with E-state index < -0.39 is 26.6 Å². The normalized spacial score (nSPS) is 32.0. The van der Waals surface area contributed by atoms with Gasteiger partial charge in [-0.15, -0.1) is 0 Å². The summed E-state index contributed by atoms with van der Waals surface area (Å²) in [5.74, 6) is 1.42. The van der Waals surface area contributed by atoms with Crippen LogP contribution < -0.4 is 0 Å². The molecule has 0 aliphatic heterocycles. The predicted molar refractivity (Wildman–Crippen MR) is 107 cm³/mol. The van der Waals surface area contributed by atoms with E-state index in [-0.39, 0.29) is 11.4 Å². The minimum absolute atomic E-state index is 0.125. The van der Waals surface area contributed by atoms with E-state index in [9.17, 15) is 9.59 Å². The Morgan fingerprint density at radius 3 is 2.04 bits per heavy atom. The number of hydrogen-bond donors (Lipinski definition) is 0. The van der Waals surface area contributed by atoms with Gasteiger partial charge in [-0.3, -0.25) is 0 Å². The van der Waals surface area contributed by atoms with E-state index in [0.717, 1.165) is 22.8 Å². The van der Waals surface area contributed by atoms with Crippen LogP contribution in [0.1, 0.15) is 45.4 Å². The van der Waals surface area contributed by atoms with E-state index in [1.807, 2.05) is 30.3 Å². The van der Waals surface area contributed by atoms with Crippen LogP contribution >= 0.6 is 20.6 Å². The second-order valence-corrected chi connectivity index (χ2v) is 11.6. The van der Waals surface area contributed by atoms with Gasteiger partial charge in [0.15, 0.2) is 0 Å². The molecule has 26 heavy (non-hydrogen) atoms. The van der Waals surface area contributed by atoms with Crippen molar-refractivity contribution in [1.29, 1.82) is 0 Å². The van der Waals surface area contributed by atoms with Crippen LogP contribution in [0.15, 0.2) is 42.5 Å². The molecule has 0 radical (unpaired) electrons. The maximum absolute atomic E-state index is 13.2. The molecule has 4 bridgehead atoms. The summed E-state index contributed by atoms with van der Waals surface area (Å²) >= 11 is -2.86. The third-order valence-corrected chi connectivity index (χ3v) is 9.35. The zero-order valence-corrected chi connectivity index (χ0v) is 17.2. The molecule has 0 N–H and O–H groups in total. The van der Waals surface area contributed by atoms with E-state index in [0.29, 0.717) is 23.3 Å². The van der Waals surface area contributed by atoms with Crippen molar-refractivity contribution in [2.24, 2.45) is 23.2 Å². The van der Waals surface area contributed by atoms with Gasteiger partial charge in [0, 0.05) is 0 Å². The first-order valence-electron chi connectivity index (χ1n) is 9.31. The second-order valence-electron chi connectivity index (χ2n) is 8.22. The average Bonchev–Trinajstić information content (AvgIpc) is 2.60. The van der Waals surface area contributed by atoms with Crippen molar-refractivity contribution in [2.75, 3.05) is 0 Å². The molecule has 0 unspecified atom stereocenters. The third-order valence-electron chi connectivity index (χ3n) is 6.01. The SMILES string of the molecule is C=C(C)C(=O)OI(OC(=O)C12CC3CC(CC(C3)C1)C2)c1ccccc1. The van der Waals surface area contributed by atoms with Crippen molar-refractivity contribution in [3.63, 3.8) is 0 Å². The summed E-state index contributed by atoms with van der Waals surface area (Å²) in [6, 6.07) is 9.42. The van der Waals surface area contributed by atoms with Gasteiger partial charge < -0.3 is 0 Å². The van der Waals surface area contributed by atoms with Crippen LogP contribution in [-0.2, 0) is 15.7 Å². The van der Waals surface area contributed by atoms with Crippen molar-refractivity contribution in [2.45, 2.75) is 45.4 Å². The number of rotatable bonds is 5. The molecule has 1 aromatic rings. The Morgan fingerprint density at radius 2 is 1.54 bits per heavy atom. The molecule has 4 aliphatic rings. The fourth-order valence-corrected chi connectivity index (χ4v) is 8.43. The van der Waals surface area contributed by atoms with Crippen molar-refractivity contribution in [3.8, 4) is 0 Å². The Hall–Kier alpha value is -1.37. The maximum atomic E-state index is 13.2. The molecule has 0 heterocycles. The quantitative estimate of drug-likeness (QED) is 0.447. The van der Waals surface area contributed by atoms with E-state index >= 15 is 0 Å². The number of hydrogen-bond acceptors (Lipinski definition) is 4. The molecule has 0 atom stereocenters. The number of carbonyl (C=O) groups is 2. The summed E-state index contributed by atoms with van der Waals surface area (Å²) in [7, 11) is 0. The number of halogens is 1. The summed E-state index contributed by atoms with van der Waals surface area (Å²) in [6.45, 7) is 5.26. The van der Waals surface area contributed by atoms with Crippen LogP contribution in [0, 0.1) is 26.7 Å². The molecule has 140 valence electrons. The van der Waals surface area contributed by atoms with Crippen LogP contribution in [0.2, 0.25) is 0 Å². The van der Waals surface area contributed by atoms with Gasteiger partial charge in [-0.2, -0.15) is 0 Å². The van der Waals surface area contributed by atoms with E-state index in [2.05, 4.69) is 6.58 Å². The number of benzene rings is 1. The van der Waals surface area contributed by atoms with E-state index in [4.69, 9.17) is 6.13 Å². The number of carbonyl (C=O) groups excluding carboxylic acids is 2. The molecule has 5 rings (SSSR count). The molecule has 0 amide bonds. The van der Waals surface area contributed by atoms with Crippen LogP contribution in [0.25, 0.3) is 0 Å². The first kappa shape index (κ1) is 18.0. The first-order chi connectivity index (χ1) is 12.4. The predicted octanol–water partition coefficient (Wildman–Crippen LogP) is 5.07. The fraction of sp³-hybridized carbons (Fsp3) is 0.524. The monoisotopic (exact) mass is 468 g/mol. The second kappa shape index (κ2) is 6.98. The Kier molecular flexibility index (Phi) is 4.84. The van der Waals surface area contributed by atoms with Crippen LogP contribution in [0.3, 0.4) is 0 Å². The molecule has 5 heteroatoms. The Labute approximate surface area is 162 Å². The average molecular weight is 468 g/mol. The molecule has 4 saturated carbocycles. The molecule has 4 fully saturated rings. The Morgan fingerprint density at radius 1 is 1.00 bits per heavy atom. The van der Waals surface area contributed by atoms with Crippen LogP contribution in [-0.4, -0.2) is 11.9 Å². The summed E-state index contributed by atoms with van der Waals surface area (Å²) in [6.07, 6.45) is 6.68. The van der Waals surface area contributed by atoms with Gasteiger partial charge in [-0.05, 0) is 0 Å². The van der Waals surface area contributed by atoms with Gasteiger partial charge in [0.1, 0.15) is 0 Å². The van der Waals surface area contributed by atoms with Crippen molar-refractivity contribution in [3.05, 3.63) is 46.1 Å². The first-order valence-corrected chi connectivity index (χ1v) is 12.2. The van der Waals surface area contributed by atoms with Gasteiger partial charge in [0.2, 0.25) is 0 Å². The summed E-state index contributed by atoms with van der Waals surface area (Å²) in [5.41, 5.74) is -0.0105. The van der Waals surface area contributed by atoms with Crippen molar-refractivity contribution >= 4 is 32.6 Å². The van der Waals surface area contributed by atoms with Gasteiger partial charge in [0.05, 0.1) is 0 Å². The summed E-state index contributed by atoms with van der Waals surface area (Å²) in [4.78, 5) is 25.3. The molecule has 0 spiro atoms. The topological polar surface area (TPSA) is 52.6 Å². The van der Waals surface area contributed by atoms with E-state index in [1.165, 1.54) is 19.3 Å². The zero-order chi connectivity index (χ0) is 18.3. The standard InChI is InChI=1S/C21H25IO4/c1-14(2)19(23)25-22(18-6-4-3-5-7-18)26-20(24)21-11-15-8-16(12-21)10-17(9-15)13-21/h3-7,15-17H,1,8-13H2,2H3. The fourth-order valence-electron chi connectivity index (χ4n) is 5.26. The summed E-state index contributed by atoms with van der Waals surface area (Å²) in [5, 5.41) is 0. The van der Waals surface area contributed by atoms with Gasteiger partial charge in [-0.1, -0.05) is 0 Å². The van der Waals surface area contributed by atoms with Crippen molar-refractivity contribution in [1.82, 2.24) is 0 Å². The summed E-state index contributed by atoms with van der Waals surface area (Å²) < 4.78 is 12.4. The molecular weight excluding hydrogens is 443 g/mol. The third kappa shape index (κ3) is 3.42. The molecular formula is C21H25IO4. The molecule has 4 nitrogen and oxygen atoms in total. The minimum atomic E-state index is -2.86. The van der Waals surface area contributed by atoms with Gasteiger partial charge >= 0.3 is 163 Å².